The lowest BCUT2D eigenvalue weighted by Gasteiger charge is -2.19. The molecule has 1 aliphatic carbocycles. The van der Waals surface area contributed by atoms with Gasteiger partial charge in [-0.1, -0.05) is 25.6 Å². The first-order valence-electron chi connectivity index (χ1n) is 8.42. The Bertz CT molecular complexity index is 832. The quantitative estimate of drug-likeness (QED) is 0.629. The number of thiophene rings is 1. The van der Waals surface area contributed by atoms with Gasteiger partial charge < -0.3 is 5.73 Å². The molecular weight excluding hydrogens is 356 g/mol. The number of primary amides is 1. The van der Waals surface area contributed by atoms with Crippen LogP contribution in [0.25, 0.3) is 10.2 Å². The highest BCUT2D eigenvalue weighted by Gasteiger charge is 2.28. The number of nitrogens with two attached hydrogens (primary N) is 1. The fourth-order valence-electron chi connectivity index (χ4n) is 3.12. The van der Waals surface area contributed by atoms with Gasteiger partial charge in [0.15, 0.2) is 0 Å². The summed E-state index contributed by atoms with van der Waals surface area (Å²) in [4.78, 5) is 35.1. The maximum Gasteiger partial charge on any atom is 0.318 e. The minimum absolute atomic E-state index is 0.0316. The Morgan fingerprint density at radius 2 is 1.96 bits per heavy atom. The molecule has 134 valence electrons. The second kappa shape index (κ2) is 7.29. The Morgan fingerprint density at radius 1 is 1.24 bits per heavy atom. The molecule has 8 heteroatoms. The van der Waals surface area contributed by atoms with E-state index in [9.17, 15) is 9.59 Å². The van der Waals surface area contributed by atoms with Gasteiger partial charge in [-0.25, -0.2) is 14.8 Å². The van der Waals surface area contributed by atoms with E-state index in [4.69, 9.17) is 5.73 Å². The molecule has 3 amide bonds. The Balaban J connectivity index is 2.03. The first-order valence-corrected chi connectivity index (χ1v) is 10.1. The van der Waals surface area contributed by atoms with Gasteiger partial charge in [-0.15, -0.1) is 11.3 Å². The fraction of sp³-hybridized carbons (Fsp3) is 0.529. The lowest BCUT2D eigenvalue weighted by Crippen LogP contribution is -2.42. The lowest BCUT2D eigenvalue weighted by molar-refractivity contribution is -0.120. The van der Waals surface area contributed by atoms with E-state index in [2.05, 4.69) is 15.3 Å². The topological polar surface area (TPSA) is 98.0 Å². The van der Waals surface area contributed by atoms with Gasteiger partial charge in [0.2, 0.25) is 5.91 Å². The van der Waals surface area contributed by atoms with Gasteiger partial charge in [0.25, 0.3) is 0 Å². The molecule has 2 aromatic heterocycles. The van der Waals surface area contributed by atoms with Gasteiger partial charge in [0.05, 0.1) is 5.25 Å². The number of imide groups is 1. The summed E-state index contributed by atoms with van der Waals surface area (Å²) in [6.07, 6.45) is 4.52. The number of rotatable bonds is 4. The van der Waals surface area contributed by atoms with E-state index in [1.165, 1.54) is 35.0 Å². The SMILES string of the molecule is Cc1nc(S[C@@H](C(=O)NC(N)=O)C(C)C)c2c3c(sc2n1)CCCC3. The summed E-state index contributed by atoms with van der Waals surface area (Å²) in [5.74, 6) is 0.358. The van der Waals surface area contributed by atoms with Gasteiger partial charge in [-0.05, 0) is 44.1 Å². The lowest BCUT2D eigenvalue weighted by atomic mass is 9.97. The smallest absolute Gasteiger partial charge is 0.318 e. The molecular formula is C17H22N4O2S2. The molecule has 0 spiro atoms. The third-order valence-corrected chi connectivity index (χ3v) is 6.96. The molecule has 25 heavy (non-hydrogen) atoms. The minimum atomic E-state index is -0.826. The van der Waals surface area contributed by atoms with Crippen molar-refractivity contribution in [3.8, 4) is 0 Å². The Morgan fingerprint density at radius 3 is 2.64 bits per heavy atom. The number of urea groups is 1. The number of aryl methyl sites for hydroxylation is 3. The summed E-state index contributed by atoms with van der Waals surface area (Å²) >= 11 is 3.15. The number of hydrogen-bond donors (Lipinski definition) is 2. The highest BCUT2D eigenvalue weighted by molar-refractivity contribution is 8.00. The van der Waals surface area contributed by atoms with E-state index in [0.29, 0.717) is 5.82 Å². The molecule has 1 aliphatic rings. The summed E-state index contributed by atoms with van der Waals surface area (Å²) in [6, 6.07) is -0.826. The Hall–Kier alpha value is -1.67. The van der Waals surface area contributed by atoms with Crippen LogP contribution in [0.3, 0.4) is 0 Å². The van der Waals surface area contributed by atoms with Crippen molar-refractivity contribution in [1.29, 1.82) is 0 Å². The molecule has 1 atom stereocenters. The summed E-state index contributed by atoms with van der Waals surface area (Å²) in [5, 5.41) is 3.69. The second-order valence-electron chi connectivity index (χ2n) is 6.60. The van der Waals surface area contributed by atoms with Crippen molar-refractivity contribution in [2.24, 2.45) is 11.7 Å². The first kappa shape index (κ1) is 18.1. The van der Waals surface area contributed by atoms with Crippen LogP contribution < -0.4 is 11.1 Å². The van der Waals surface area contributed by atoms with Crippen molar-refractivity contribution < 1.29 is 9.59 Å². The number of nitrogens with one attached hydrogen (secondary N) is 1. The monoisotopic (exact) mass is 378 g/mol. The third kappa shape index (κ3) is 3.79. The normalized spacial score (nSPS) is 15.2. The average Bonchev–Trinajstić information content (AvgIpc) is 2.89. The highest BCUT2D eigenvalue weighted by Crippen LogP contribution is 2.41. The van der Waals surface area contributed by atoms with Crippen LogP contribution in [0.1, 0.15) is 43.0 Å². The van der Waals surface area contributed by atoms with E-state index < -0.39 is 11.3 Å². The predicted molar refractivity (Wildman–Crippen MR) is 101 cm³/mol. The summed E-state index contributed by atoms with van der Waals surface area (Å²) in [7, 11) is 0. The van der Waals surface area contributed by atoms with Crippen molar-refractivity contribution in [2.45, 2.75) is 56.7 Å². The van der Waals surface area contributed by atoms with E-state index in [0.717, 1.165) is 28.1 Å². The number of aromatic nitrogens is 2. The molecule has 3 rings (SSSR count). The van der Waals surface area contributed by atoms with E-state index in [1.54, 1.807) is 11.3 Å². The zero-order chi connectivity index (χ0) is 18.1. The van der Waals surface area contributed by atoms with Gasteiger partial charge in [-0.3, -0.25) is 10.1 Å². The molecule has 0 saturated carbocycles. The first-order chi connectivity index (χ1) is 11.9. The molecule has 0 unspecified atom stereocenters. The van der Waals surface area contributed by atoms with Gasteiger partial charge in [0, 0.05) is 10.3 Å². The standard InChI is InChI=1S/C17H22N4O2S2/c1-8(2)13(14(22)21-17(18)23)25-16-12-10-6-4-5-7-11(10)24-15(12)19-9(3)20-16/h8,13H,4-7H2,1-3H3,(H3,18,21,22,23)/t13-/m1/s1. The van der Waals surface area contributed by atoms with Crippen LogP contribution in [-0.2, 0) is 17.6 Å². The van der Waals surface area contributed by atoms with Crippen LogP contribution in [-0.4, -0.2) is 27.2 Å². The number of hydrogen-bond acceptors (Lipinski definition) is 6. The van der Waals surface area contributed by atoms with Gasteiger partial charge in [-0.2, -0.15) is 0 Å². The molecule has 0 fully saturated rings. The third-order valence-electron chi connectivity index (χ3n) is 4.24. The van der Waals surface area contributed by atoms with Crippen LogP contribution in [0.2, 0.25) is 0 Å². The molecule has 0 aliphatic heterocycles. The zero-order valence-corrected chi connectivity index (χ0v) is 16.2. The molecule has 3 N–H and O–H groups in total. The summed E-state index contributed by atoms with van der Waals surface area (Å²) in [6.45, 7) is 5.77. The molecule has 0 aromatic carbocycles. The van der Waals surface area contributed by atoms with Crippen LogP contribution in [0.15, 0.2) is 5.03 Å². The Kier molecular flexibility index (Phi) is 5.29. The van der Waals surface area contributed by atoms with E-state index in [-0.39, 0.29) is 11.8 Å². The average molecular weight is 379 g/mol. The molecule has 6 nitrogen and oxygen atoms in total. The molecule has 2 heterocycles. The van der Waals surface area contributed by atoms with Crippen molar-refractivity contribution in [1.82, 2.24) is 15.3 Å². The van der Waals surface area contributed by atoms with Crippen molar-refractivity contribution >= 4 is 45.3 Å². The van der Waals surface area contributed by atoms with Crippen LogP contribution in [0, 0.1) is 12.8 Å². The summed E-state index contributed by atoms with van der Waals surface area (Å²) in [5.41, 5.74) is 6.45. The largest absolute Gasteiger partial charge is 0.351 e. The number of amides is 3. The van der Waals surface area contributed by atoms with Crippen LogP contribution >= 0.6 is 23.1 Å². The van der Waals surface area contributed by atoms with Crippen LogP contribution in [0.5, 0.6) is 0 Å². The second-order valence-corrected chi connectivity index (χ2v) is 8.82. The predicted octanol–water partition coefficient (Wildman–Crippen LogP) is 3.19. The maximum absolute atomic E-state index is 12.4. The summed E-state index contributed by atoms with van der Waals surface area (Å²) < 4.78 is 0. The van der Waals surface area contributed by atoms with Crippen LogP contribution in [0.4, 0.5) is 4.79 Å². The minimum Gasteiger partial charge on any atom is -0.351 e. The zero-order valence-electron chi connectivity index (χ0n) is 14.6. The van der Waals surface area contributed by atoms with E-state index >= 15 is 0 Å². The fourth-order valence-corrected chi connectivity index (χ4v) is 5.69. The van der Waals surface area contributed by atoms with Gasteiger partial charge >= 0.3 is 6.03 Å². The number of carbonyl (C=O) groups excluding carboxylic acids is 2. The van der Waals surface area contributed by atoms with Crippen molar-refractivity contribution in [2.75, 3.05) is 0 Å². The van der Waals surface area contributed by atoms with E-state index in [1.807, 2.05) is 20.8 Å². The number of carbonyl (C=O) groups is 2. The molecule has 2 aromatic rings. The number of nitrogens with zero attached hydrogens (tertiary/aromatic N) is 2. The van der Waals surface area contributed by atoms with Gasteiger partial charge in [0.1, 0.15) is 15.7 Å². The molecule has 0 saturated heterocycles. The molecule has 0 radical (unpaired) electrons. The highest BCUT2D eigenvalue weighted by atomic mass is 32.2. The van der Waals surface area contributed by atoms with Crippen molar-refractivity contribution in [3.63, 3.8) is 0 Å². The maximum atomic E-state index is 12.4. The Labute approximate surface area is 155 Å². The number of thioether (sulfide) groups is 1. The van der Waals surface area contributed by atoms with Crippen molar-refractivity contribution in [3.05, 3.63) is 16.3 Å². The molecule has 0 bridgehead atoms. The number of fused-ring (bicyclic) bond motifs is 3.